The number of aliphatic carboxylic acids is 1. The number of pyridine rings is 1. The molecule has 1 heterocycles. The summed E-state index contributed by atoms with van der Waals surface area (Å²) in [6, 6.07) is 8.57. The van der Waals surface area contributed by atoms with E-state index in [1.165, 1.54) is 36.0 Å². The van der Waals surface area contributed by atoms with Crippen LogP contribution >= 0.6 is 0 Å². The standard InChI is InChI=1S/C23H21F2N3O5/c1-13-12-27(2)22(32)20(21(13)31)28(23(33)26-9-8-19(29)30)16-5-3-4-14(10-16)15-6-7-17(24)18(25)11-15/h3-7,10-12,31H,8-9H2,1-2H3,(H,26,33)(H,29,30). The van der Waals surface area contributed by atoms with E-state index in [1.54, 1.807) is 19.1 Å². The van der Waals surface area contributed by atoms with Gasteiger partial charge in [0.1, 0.15) is 5.75 Å². The summed E-state index contributed by atoms with van der Waals surface area (Å²) in [4.78, 5) is 37.7. The van der Waals surface area contributed by atoms with Gasteiger partial charge in [-0.25, -0.2) is 13.6 Å². The van der Waals surface area contributed by atoms with Gasteiger partial charge in [0, 0.05) is 25.4 Å². The van der Waals surface area contributed by atoms with Gasteiger partial charge in [-0.2, -0.15) is 0 Å². The van der Waals surface area contributed by atoms with Crippen LogP contribution in [0, 0.1) is 18.6 Å². The number of aromatic nitrogens is 1. The number of aromatic hydroxyl groups is 1. The highest BCUT2D eigenvalue weighted by molar-refractivity contribution is 6.01. The Hall–Kier alpha value is -4.21. The molecular formula is C23H21F2N3O5. The predicted octanol–water partition coefficient (Wildman–Crippen LogP) is 3.67. The van der Waals surface area contributed by atoms with E-state index in [4.69, 9.17) is 5.11 Å². The fraction of sp³-hybridized carbons (Fsp3) is 0.174. The second-order valence-electron chi connectivity index (χ2n) is 7.32. The van der Waals surface area contributed by atoms with Crippen molar-refractivity contribution < 1.29 is 28.6 Å². The number of halogens is 2. The number of benzene rings is 2. The van der Waals surface area contributed by atoms with Crippen molar-refractivity contribution in [1.82, 2.24) is 9.88 Å². The van der Waals surface area contributed by atoms with Gasteiger partial charge in [-0.05, 0) is 42.3 Å². The van der Waals surface area contributed by atoms with Gasteiger partial charge < -0.3 is 20.1 Å². The SMILES string of the molecule is Cc1cn(C)c(=O)c(N(C(=O)NCCC(=O)O)c2cccc(-c3ccc(F)c(F)c3)c2)c1O. The minimum absolute atomic E-state index is 0.142. The summed E-state index contributed by atoms with van der Waals surface area (Å²) >= 11 is 0. The Morgan fingerprint density at radius 1 is 1.09 bits per heavy atom. The number of carbonyl (C=O) groups excluding carboxylic acids is 1. The zero-order chi connectivity index (χ0) is 24.3. The zero-order valence-electron chi connectivity index (χ0n) is 17.8. The maximum absolute atomic E-state index is 13.7. The lowest BCUT2D eigenvalue weighted by molar-refractivity contribution is -0.136. The molecule has 0 spiro atoms. The molecule has 0 saturated carbocycles. The van der Waals surface area contributed by atoms with Gasteiger partial charge in [-0.3, -0.25) is 14.5 Å². The van der Waals surface area contributed by atoms with E-state index in [9.17, 15) is 28.3 Å². The second kappa shape index (κ2) is 9.51. The molecule has 2 amide bonds. The Morgan fingerprint density at radius 3 is 2.45 bits per heavy atom. The molecule has 3 N–H and O–H groups in total. The number of carbonyl (C=O) groups is 2. The van der Waals surface area contributed by atoms with Crippen molar-refractivity contribution in [1.29, 1.82) is 0 Å². The third-order valence-electron chi connectivity index (χ3n) is 4.91. The maximum atomic E-state index is 13.7. The minimum atomic E-state index is -1.13. The van der Waals surface area contributed by atoms with Crippen LogP contribution in [0.15, 0.2) is 53.5 Å². The molecule has 0 aliphatic carbocycles. The molecular weight excluding hydrogens is 436 g/mol. The molecule has 0 radical (unpaired) electrons. The van der Waals surface area contributed by atoms with Crippen molar-refractivity contribution in [2.75, 3.05) is 11.4 Å². The van der Waals surface area contributed by atoms with Crippen LogP contribution in [0.5, 0.6) is 5.75 Å². The predicted molar refractivity (Wildman–Crippen MR) is 118 cm³/mol. The summed E-state index contributed by atoms with van der Waals surface area (Å²) in [7, 11) is 1.45. The maximum Gasteiger partial charge on any atom is 0.326 e. The molecule has 8 nitrogen and oxygen atoms in total. The molecule has 1 aromatic heterocycles. The quantitative estimate of drug-likeness (QED) is 0.523. The molecule has 0 saturated heterocycles. The number of carboxylic acid groups (broad SMARTS) is 1. The molecule has 0 atom stereocenters. The molecule has 33 heavy (non-hydrogen) atoms. The number of anilines is 2. The van der Waals surface area contributed by atoms with Crippen LogP contribution in [0.25, 0.3) is 11.1 Å². The Labute approximate surface area is 187 Å². The van der Waals surface area contributed by atoms with E-state index in [2.05, 4.69) is 5.32 Å². The Morgan fingerprint density at radius 2 is 1.79 bits per heavy atom. The van der Waals surface area contributed by atoms with Crippen LogP contribution in [0.3, 0.4) is 0 Å². The van der Waals surface area contributed by atoms with Gasteiger partial charge >= 0.3 is 12.0 Å². The number of hydrogen-bond acceptors (Lipinski definition) is 4. The van der Waals surface area contributed by atoms with E-state index >= 15 is 0 Å². The number of rotatable bonds is 6. The molecule has 0 aliphatic heterocycles. The summed E-state index contributed by atoms with van der Waals surface area (Å²) in [6.45, 7) is 1.33. The van der Waals surface area contributed by atoms with Crippen molar-refractivity contribution in [3.63, 3.8) is 0 Å². The highest BCUT2D eigenvalue weighted by Crippen LogP contribution is 2.34. The Bertz CT molecular complexity index is 1290. The largest absolute Gasteiger partial charge is 0.505 e. The number of aryl methyl sites for hydroxylation is 2. The third kappa shape index (κ3) is 5.00. The van der Waals surface area contributed by atoms with E-state index in [0.29, 0.717) is 16.7 Å². The smallest absolute Gasteiger partial charge is 0.326 e. The van der Waals surface area contributed by atoms with Gasteiger partial charge in [0.2, 0.25) is 0 Å². The van der Waals surface area contributed by atoms with E-state index in [-0.39, 0.29) is 24.3 Å². The summed E-state index contributed by atoms with van der Waals surface area (Å²) in [5.74, 6) is -3.62. The molecule has 0 fully saturated rings. The summed E-state index contributed by atoms with van der Waals surface area (Å²) in [6.07, 6.45) is 1.05. The monoisotopic (exact) mass is 457 g/mol. The lowest BCUT2D eigenvalue weighted by Crippen LogP contribution is -2.41. The topological polar surface area (TPSA) is 112 Å². The summed E-state index contributed by atoms with van der Waals surface area (Å²) in [5, 5.41) is 21.9. The zero-order valence-corrected chi connectivity index (χ0v) is 17.8. The summed E-state index contributed by atoms with van der Waals surface area (Å²) in [5.41, 5.74) is 0.190. The fourth-order valence-electron chi connectivity index (χ4n) is 3.27. The van der Waals surface area contributed by atoms with E-state index in [0.717, 1.165) is 17.0 Å². The number of nitrogens with one attached hydrogen (secondary N) is 1. The molecule has 3 aromatic rings. The Kier molecular flexibility index (Phi) is 6.76. The highest BCUT2D eigenvalue weighted by Gasteiger charge is 2.26. The van der Waals surface area contributed by atoms with Crippen molar-refractivity contribution in [2.45, 2.75) is 13.3 Å². The number of carboxylic acids is 1. The molecule has 0 bridgehead atoms. The summed E-state index contributed by atoms with van der Waals surface area (Å²) < 4.78 is 28.3. The van der Waals surface area contributed by atoms with Gasteiger partial charge in [-0.1, -0.05) is 18.2 Å². The fourth-order valence-corrected chi connectivity index (χ4v) is 3.27. The van der Waals surface area contributed by atoms with Gasteiger partial charge in [0.25, 0.3) is 5.56 Å². The molecule has 3 rings (SSSR count). The molecule has 0 unspecified atom stereocenters. The van der Waals surface area contributed by atoms with Crippen molar-refractivity contribution in [3.05, 3.63) is 76.2 Å². The third-order valence-corrected chi connectivity index (χ3v) is 4.91. The molecule has 2 aromatic carbocycles. The van der Waals surface area contributed by atoms with Crippen LogP contribution in [-0.2, 0) is 11.8 Å². The molecule has 172 valence electrons. The van der Waals surface area contributed by atoms with Crippen LogP contribution in [0.1, 0.15) is 12.0 Å². The minimum Gasteiger partial charge on any atom is -0.505 e. The average Bonchev–Trinajstić information content (AvgIpc) is 2.77. The highest BCUT2D eigenvalue weighted by atomic mass is 19.2. The first-order chi connectivity index (χ1) is 15.6. The van der Waals surface area contributed by atoms with Crippen molar-refractivity contribution >= 4 is 23.4 Å². The lowest BCUT2D eigenvalue weighted by Gasteiger charge is -2.25. The number of nitrogens with zero attached hydrogens (tertiary/aromatic N) is 2. The van der Waals surface area contributed by atoms with Crippen LogP contribution in [-0.4, -0.2) is 33.3 Å². The van der Waals surface area contributed by atoms with Gasteiger partial charge in [-0.15, -0.1) is 0 Å². The number of amides is 2. The van der Waals surface area contributed by atoms with Crippen molar-refractivity contribution in [3.8, 4) is 16.9 Å². The van der Waals surface area contributed by atoms with Gasteiger partial charge in [0.05, 0.1) is 12.1 Å². The lowest BCUT2D eigenvalue weighted by atomic mass is 10.0. The van der Waals surface area contributed by atoms with Crippen LogP contribution < -0.4 is 15.8 Å². The number of urea groups is 1. The van der Waals surface area contributed by atoms with Gasteiger partial charge in [0.15, 0.2) is 17.3 Å². The number of hydrogen-bond donors (Lipinski definition) is 3. The van der Waals surface area contributed by atoms with Crippen molar-refractivity contribution in [2.24, 2.45) is 7.05 Å². The molecule has 0 aliphatic rings. The Balaban J connectivity index is 2.15. The first-order valence-electron chi connectivity index (χ1n) is 9.84. The first kappa shape index (κ1) is 23.5. The van der Waals surface area contributed by atoms with E-state index in [1.807, 2.05) is 0 Å². The average molecular weight is 457 g/mol. The van der Waals surface area contributed by atoms with E-state index < -0.39 is 34.9 Å². The van der Waals surface area contributed by atoms with Crippen LogP contribution in [0.4, 0.5) is 25.0 Å². The van der Waals surface area contributed by atoms with Crippen LogP contribution in [0.2, 0.25) is 0 Å². The first-order valence-corrected chi connectivity index (χ1v) is 9.84. The second-order valence-corrected chi connectivity index (χ2v) is 7.32. The normalized spacial score (nSPS) is 10.7. The molecule has 10 heteroatoms.